The van der Waals surface area contributed by atoms with Crippen LogP contribution in [0, 0.1) is 11.6 Å². The van der Waals surface area contributed by atoms with Crippen molar-refractivity contribution < 1.29 is 8.78 Å². The third kappa shape index (κ3) is 1.72. The van der Waals surface area contributed by atoms with Gasteiger partial charge in [-0.3, -0.25) is 4.98 Å². The van der Waals surface area contributed by atoms with Crippen molar-refractivity contribution in [3.05, 3.63) is 36.0 Å². The van der Waals surface area contributed by atoms with E-state index in [2.05, 4.69) is 4.98 Å². The lowest BCUT2D eigenvalue weighted by molar-refractivity contribution is 0.622. The number of pyridine rings is 1. The second-order valence-corrected chi connectivity index (χ2v) is 5.76. The lowest BCUT2D eigenvalue weighted by Crippen LogP contribution is -2.08. The summed E-state index contributed by atoms with van der Waals surface area (Å²) in [5.41, 5.74) is 0.128. The summed E-state index contributed by atoms with van der Waals surface area (Å²) in [4.78, 5) is 3.88. The number of aromatic nitrogens is 1. The van der Waals surface area contributed by atoms with Gasteiger partial charge in [-0.1, -0.05) is 7.92 Å². The minimum absolute atomic E-state index is 0.128. The molecule has 0 bridgehead atoms. The minimum atomic E-state index is -0.661. The number of hydrogen-bond donors (Lipinski definition) is 0. The highest BCUT2D eigenvalue weighted by atomic mass is 31.1. The summed E-state index contributed by atoms with van der Waals surface area (Å²) in [5, 5.41) is 0.685. The third-order valence-electron chi connectivity index (χ3n) is 2.24. The first-order valence-electron chi connectivity index (χ1n) is 4.51. The van der Waals surface area contributed by atoms with E-state index in [1.54, 1.807) is 6.07 Å². The van der Waals surface area contributed by atoms with Crippen LogP contribution in [0.15, 0.2) is 24.4 Å². The van der Waals surface area contributed by atoms with Crippen molar-refractivity contribution in [1.82, 2.24) is 4.98 Å². The van der Waals surface area contributed by atoms with Crippen LogP contribution in [0.5, 0.6) is 0 Å². The Labute approximate surface area is 87.9 Å². The van der Waals surface area contributed by atoms with E-state index < -0.39 is 13.7 Å². The molecule has 0 unspecified atom stereocenters. The molecule has 0 saturated carbocycles. The van der Waals surface area contributed by atoms with Gasteiger partial charge in [0.05, 0.1) is 0 Å². The number of halogens is 2. The molecule has 2 rings (SSSR count). The van der Waals surface area contributed by atoms with Crippen molar-refractivity contribution >= 4 is 24.1 Å². The number of rotatable bonds is 1. The average molecular weight is 225 g/mol. The lowest BCUT2D eigenvalue weighted by Gasteiger charge is -2.09. The van der Waals surface area contributed by atoms with E-state index in [4.69, 9.17) is 0 Å². The summed E-state index contributed by atoms with van der Waals surface area (Å²) >= 11 is 0. The van der Waals surface area contributed by atoms with E-state index in [0.29, 0.717) is 5.30 Å². The quantitative estimate of drug-likeness (QED) is 0.680. The molecule has 1 heterocycles. The fourth-order valence-electron chi connectivity index (χ4n) is 1.48. The summed E-state index contributed by atoms with van der Waals surface area (Å²) in [7, 11) is -0.661. The maximum absolute atomic E-state index is 13.9. The van der Waals surface area contributed by atoms with Gasteiger partial charge in [0.15, 0.2) is 5.82 Å². The van der Waals surface area contributed by atoms with E-state index in [0.717, 1.165) is 0 Å². The number of fused-ring (bicyclic) bond motifs is 1. The fourth-order valence-corrected chi connectivity index (χ4v) is 2.35. The molecule has 0 N–H and O–H groups in total. The Kier molecular flexibility index (Phi) is 2.66. The third-order valence-corrected chi connectivity index (χ3v) is 3.53. The van der Waals surface area contributed by atoms with Gasteiger partial charge in [0.1, 0.15) is 11.3 Å². The molecule has 1 aromatic heterocycles. The van der Waals surface area contributed by atoms with Gasteiger partial charge in [0.25, 0.3) is 0 Å². The zero-order valence-corrected chi connectivity index (χ0v) is 9.35. The molecule has 0 aliphatic heterocycles. The van der Waals surface area contributed by atoms with E-state index in [1.807, 2.05) is 13.3 Å². The molecule has 0 aliphatic rings. The molecule has 0 aliphatic carbocycles. The van der Waals surface area contributed by atoms with Crippen LogP contribution < -0.4 is 5.30 Å². The summed E-state index contributed by atoms with van der Waals surface area (Å²) in [6.07, 6.45) is 1.47. The van der Waals surface area contributed by atoms with Gasteiger partial charge in [-0.25, -0.2) is 8.78 Å². The molecule has 2 aromatic rings. The molecule has 1 nitrogen and oxygen atoms in total. The number of benzene rings is 1. The largest absolute Gasteiger partial charge is 0.253 e. The molecular formula is C11H10F2NP. The Balaban J connectivity index is 2.84. The maximum atomic E-state index is 13.9. The highest BCUT2D eigenvalue weighted by Crippen LogP contribution is 2.29. The monoisotopic (exact) mass is 225 g/mol. The molecule has 0 spiro atoms. The van der Waals surface area contributed by atoms with Crippen LogP contribution in [0.2, 0.25) is 0 Å². The molecule has 4 heteroatoms. The highest BCUT2D eigenvalue weighted by molar-refractivity contribution is 7.64. The van der Waals surface area contributed by atoms with E-state index >= 15 is 0 Å². The van der Waals surface area contributed by atoms with Crippen LogP contribution in [0.3, 0.4) is 0 Å². The van der Waals surface area contributed by atoms with Crippen molar-refractivity contribution in [3.63, 3.8) is 0 Å². The second kappa shape index (κ2) is 3.82. The zero-order chi connectivity index (χ0) is 11.0. The van der Waals surface area contributed by atoms with Crippen molar-refractivity contribution in [2.24, 2.45) is 0 Å². The van der Waals surface area contributed by atoms with Crippen molar-refractivity contribution in [1.29, 1.82) is 0 Å². The summed E-state index contributed by atoms with van der Waals surface area (Å²) in [5.74, 6) is -0.784. The van der Waals surface area contributed by atoms with Gasteiger partial charge in [-0.2, -0.15) is 0 Å². The molecule has 78 valence electrons. The van der Waals surface area contributed by atoms with Crippen LogP contribution in [0.25, 0.3) is 10.9 Å². The lowest BCUT2D eigenvalue weighted by atomic mass is 10.2. The average Bonchev–Trinajstić information content (AvgIpc) is 2.23. The topological polar surface area (TPSA) is 12.9 Å². The first-order valence-corrected chi connectivity index (χ1v) is 6.75. The molecule has 0 fully saturated rings. The Morgan fingerprint density at radius 1 is 1.27 bits per heavy atom. The molecule has 0 atom stereocenters. The maximum Gasteiger partial charge on any atom is 0.157 e. The summed E-state index contributed by atoms with van der Waals surface area (Å²) in [6, 6.07) is 4.42. The van der Waals surface area contributed by atoms with Gasteiger partial charge >= 0.3 is 0 Å². The summed E-state index contributed by atoms with van der Waals surface area (Å²) < 4.78 is 27.5. The number of hydrogen-bond acceptors (Lipinski definition) is 1. The standard InChI is InChI=1S/C11H10F2NP/c1-15(2)9-6-8(12)7-4-3-5-14-11(7)10(9)13/h3-6H,1-2H3. The highest BCUT2D eigenvalue weighted by Gasteiger charge is 2.14. The minimum Gasteiger partial charge on any atom is -0.253 e. The van der Waals surface area contributed by atoms with Crippen molar-refractivity contribution in [2.75, 3.05) is 13.3 Å². The van der Waals surface area contributed by atoms with Crippen molar-refractivity contribution in [3.8, 4) is 0 Å². The zero-order valence-electron chi connectivity index (χ0n) is 8.46. The second-order valence-electron chi connectivity index (χ2n) is 3.49. The molecule has 0 radical (unpaired) electrons. The molecule has 15 heavy (non-hydrogen) atoms. The molecule has 0 amide bonds. The van der Waals surface area contributed by atoms with Gasteiger partial charge < -0.3 is 0 Å². The Bertz CT molecular complexity index is 511. The Morgan fingerprint density at radius 3 is 2.67 bits per heavy atom. The predicted octanol–water partition coefficient (Wildman–Crippen LogP) is 2.88. The molecular weight excluding hydrogens is 215 g/mol. The predicted molar refractivity (Wildman–Crippen MR) is 60.1 cm³/mol. The Hall–Kier alpha value is -1.08. The fraction of sp³-hybridized carbons (Fsp3) is 0.182. The van der Waals surface area contributed by atoms with Gasteiger partial charge in [0, 0.05) is 16.9 Å². The summed E-state index contributed by atoms with van der Waals surface area (Å²) in [6.45, 7) is 3.78. The first-order chi connectivity index (χ1) is 7.11. The van der Waals surface area contributed by atoms with E-state index in [1.165, 1.54) is 18.3 Å². The van der Waals surface area contributed by atoms with Crippen LogP contribution >= 0.6 is 7.92 Å². The van der Waals surface area contributed by atoms with Crippen LogP contribution in [0.4, 0.5) is 8.78 Å². The van der Waals surface area contributed by atoms with Crippen molar-refractivity contribution in [2.45, 2.75) is 0 Å². The molecule has 1 aromatic carbocycles. The van der Waals surface area contributed by atoms with E-state index in [-0.39, 0.29) is 16.7 Å². The van der Waals surface area contributed by atoms with Gasteiger partial charge in [-0.15, -0.1) is 0 Å². The van der Waals surface area contributed by atoms with Gasteiger partial charge in [-0.05, 0) is 31.5 Å². The smallest absolute Gasteiger partial charge is 0.157 e. The molecule has 0 saturated heterocycles. The van der Waals surface area contributed by atoms with Crippen LogP contribution in [0.1, 0.15) is 0 Å². The van der Waals surface area contributed by atoms with Crippen LogP contribution in [-0.2, 0) is 0 Å². The SMILES string of the molecule is CP(C)c1cc(F)c2cccnc2c1F. The number of nitrogens with zero attached hydrogens (tertiary/aromatic N) is 1. The normalized spacial score (nSPS) is 11.3. The first kappa shape index (κ1) is 10.4. The van der Waals surface area contributed by atoms with Crippen LogP contribution in [-0.4, -0.2) is 18.3 Å². The van der Waals surface area contributed by atoms with Gasteiger partial charge in [0.2, 0.25) is 0 Å². The Morgan fingerprint density at radius 2 is 2.00 bits per heavy atom. The van der Waals surface area contributed by atoms with E-state index in [9.17, 15) is 8.78 Å².